The molecule has 0 aliphatic rings. The molecule has 2 N–H and O–H groups in total. The predicted octanol–water partition coefficient (Wildman–Crippen LogP) is 4.00. The minimum Gasteiger partial charge on any atom is -0.497 e. The molecule has 28 heavy (non-hydrogen) atoms. The van der Waals surface area contributed by atoms with E-state index in [1.807, 2.05) is 62.4 Å². The molecule has 0 bridgehead atoms. The molecule has 146 valence electrons. The van der Waals surface area contributed by atoms with Crippen molar-refractivity contribution in [1.29, 1.82) is 0 Å². The number of carbonyl (C=O) groups excluding carboxylic acids is 1. The topological polar surface area (TPSA) is 89.1 Å². The van der Waals surface area contributed by atoms with E-state index < -0.39 is 0 Å². The van der Waals surface area contributed by atoms with Gasteiger partial charge in [0.1, 0.15) is 11.5 Å². The van der Waals surface area contributed by atoms with Crippen LogP contribution < -0.4 is 14.8 Å². The Hall–Kier alpha value is -3.00. The van der Waals surface area contributed by atoms with Crippen molar-refractivity contribution < 1.29 is 14.3 Å². The number of anilines is 1. The van der Waals surface area contributed by atoms with Crippen molar-refractivity contribution in [2.24, 2.45) is 0 Å². The summed E-state index contributed by atoms with van der Waals surface area (Å²) in [7, 11) is 1.62. The number of thioether (sulfide) groups is 1. The van der Waals surface area contributed by atoms with Gasteiger partial charge in [-0.25, -0.2) is 4.98 Å². The molecule has 8 heteroatoms. The molecular formula is C20H22N4O3S. The van der Waals surface area contributed by atoms with Crippen molar-refractivity contribution in [1.82, 2.24) is 15.2 Å². The van der Waals surface area contributed by atoms with E-state index in [1.54, 1.807) is 7.11 Å². The predicted molar refractivity (Wildman–Crippen MR) is 110 cm³/mol. The van der Waals surface area contributed by atoms with Gasteiger partial charge >= 0.3 is 0 Å². The van der Waals surface area contributed by atoms with Gasteiger partial charge in [0.2, 0.25) is 11.1 Å². The number of aromatic amines is 1. The third kappa shape index (κ3) is 5.04. The van der Waals surface area contributed by atoms with Crippen molar-refractivity contribution in [2.45, 2.75) is 24.3 Å². The van der Waals surface area contributed by atoms with Crippen LogP contribution in [0.25, 0.3) is 11.4 Å². The maximum absolute atomic E-state index is 12.4. The van der Waals surface area contributed by atoms with E-state index in [2.05, 4.69) is 20.5 Å². The summed E-state index contributed by atoms with van der Waals surface area (Å²) >= 11 is 1.29. The molecular weight excluding hydrogens is 376 g/mol. The Morgan fingerprint density at radius 1 is 1.14 bits per heavy atom. The molecule has 1 atom stereocenters. The van der Waals surface area contributed by atoms with Gasteiger partial charge in [-0.15, -0.1) is 5.10 Å². The highest BCUT2D eigenvalue weighted by molar-refractivity contribution is 8.00. The number of nitrogens with zero attached hydrogens (tertiary/aromatic N) is 2. The summed E-state index contributed by atoms with van der Waals surface area (Å²) in [6.45, 7) is 4.35. The summed E-state index contributed by atoms with van der Waals surface area (Å²) in [4.78, 5) is 16.9. The van der Waals surface area contributed by atoms with Gasteiger partial charge in [-0.2, -0.15) is 0 Å². The van der Waals surface area contributed by atoms with Crippen molar-refractivity contribution >= 4 is 23.4 Å². The van der Waals surface area contributed by atoms with E-state index in [0.29, 0.717) is 17.6 Å². The number of methoxy groups -OCH3 is 1. The van der Waals surface area contributed by atoms with Crippen LogP contribution in [0.1, 0.15) is 13.8 Å². The Bertz CT molecular complexity index is 910. The molecule has 7 nitrogen and oxygen atoms in total. The van der Waals surface area contributed by atoms with E-state index in [-0.39, 0.29) is 11.2 Å². The van der Waals surface area contributed by atoms with Gasteiger partial charge in [0, 0.05) is 11.3 Å². The molecule has 1 aromatic heterocycles. The second-order valence-corrected chi connectivity index (χ2v) is 7.21. The lowest BCUT2D eigenvalue weighted by Gasteiger charge is -2.10. The van der Waals surface area contributed by atoms with Gasteiger partial charge in [-0.05, 0) is 62.4 Å². The lowest BCUT2D eigenvalue weighted by atomic mass is 10.2. The first-order valence-electron chi connectivity index (χ1n) is 8.86. The van der Waals surface area contributed by atoms with Crippen LogP contribution in [-0.4, -0.2) is 40.1 Å². The number of hydrogen-bond acceptors (Lipinski definition) is 6. The largest absolute Gasteiger partial charge is 0.497 e. The smallest absolute Gasteiger partial charge is 0.237 e. The summed E-state index contributed by atoms with van der Waals surface area (Å²) in [5.74, 6) is 2.07. The third-order valence-electron chi connectivity index (χ3n) is 3.91. The van der Waals surface area contributed by atoms with Gasteiger partial charge in [-0.3, -0.25) is 9.89 Å². The number of amides is 1. The number of aromatic nitrogens is 3. The second kappa shape index (κ2) is 9.27. The van der Waals surface area contributed by atoms with Gasteiger partial charge < -0.3 is 14.8 Å². The van der Waals surface area contributed by atoms with Crippen molar-refractivity contribution in [2.75, 3.05) is 19.0 Å². The quantitative estimate of drug-likeness (QED) is 0.558. The molecule has 0 aliphatic heterocycles. The average molecular weight is 398 g/mol. The average Bonchev–Trinajstić information content (AvgIpc) is 3.18. The summed E-state index contributed by atoms with van der Waals surface area (Å²) in [5.41, 5.74) is 1.61. The molecule has 0 saturated carbocycles. The van der Waals surface area contributed by atoms with E-state index in [9.17, 15) is 4.79 Å². The zero-order valence-corrected chi connectivity index (χ0v) is 16.7. The van der Waals surface area contributed by atoms with Crippen LogP contribution >= 0.6 is 11.8 Å². The SMILES string of the molecule is CCOc1ccc(NC(=O)[C@@H](C)Sc2n[nH]c(-c3ccc(OC)cc3)n2)cc1. The summed E-state index contributed by atoms with van der Waals surface area (Å²) in [6.07, 6.45) is 0. The minimum absolute atomic E-state index is 0.120. The monoisotopic (exact) mass is 398 g/mol. The van der Waals surface area contributed by atoms with E-state index >= 15 is 0 Å². The Balaban J connectivity index is 1.58. The Labute approximate surface area is 167 Å². The first kappa shape index (κ1) is 19.8. The van der Waals surface area contributed by atoms with Crippen LogP contribution in [0.4, 0.5) is 5.69 Å². The molecule has 0 saturated heterocycles. The molecule has 0 fully saturated rings. The molecule has 1 amide bonds. The zero-order valence-electron chi connectivity index (χ0n) is 15.9. The van der Waals surface area contributed by atoms with Gasteiger partial charge in [0.25, 0.3) is 0 Å². The number of nitrogens with one attached hydrogen (secondary N) is 2. The maximum Gasteiger partial charge on any atom is 0.237 e. The molecule has 0 spiro atoms. The number of carbonyl (C=O) groups is 1. The zero-order chi connectivity index (χ0) is 19.9. The second-order valence-electron chi connectivity index (χ2n) is 5.90. The van der Waals surface area contributed by atoms with Crippen LogP contribution in [-0.2, 0) is 4.79 Å². The van der Waals surface area contributed by atoms with Crippen molar-refractivity contribution in [3.05, 3.63) is 48.5 Å². The highest BCUT2D eigenvalue weighted by Crippen LogP contribution is 2.25. The Morgan fingerprint density at radius 3 is 2.46 bits per heavy atom. The van der Waals surface area contributed by atoms with Crippen molar-refractivity contribution in [3.63, 3.8) is 0 Å². The van der Waals surface area contributed by atoms with Crippen LogP contribution in [0.2, 0.25) is 0 Å². The van der Waals surface area contributed by atoms with E-state index in [4.69, 9.17) is 9.47 Å². The first-order valence-corrected chi connectivity index (χ1v) is 9.74. The summed E-state index contributed by atoms with van der Waals surface area (Å²) < 4.78 is 10.6. The van der Waals surface area contributed by atoms with Crippen LogP contribution in [0.15, 0.2) is 53.7 Å². The van der Waals surface area contributed by atoms with Crippen molar-refractivity contribution in [3.8, 4) is 22.9 Å². The lowest BCUT2D eigenvalue weighted by Crippen LogP contribution is -2.22. The maximum atomic E-state index is 12.4. The van der Waals surface area contributed by atoms with Gasteiger partial charge in [-0.1, -0.05) is 11.8 Å². The molecule has 0 aliphatic carbocycles. The fraction of sp³-hybridized carbons (Fsp3) is 0.250. The Morgan fingerprint density at radius 2 is 1.82 bits per heavy atom. The molecule has 2 aromatic carbocycles. The standard InChI is InChI=1S/C20H22N4O3S/c1-4-27-17-11-7-15(8-12-17)21-19(25)13(2)28-20-22-18(23-24-20)14-5-9-16(26-3)10-6-14/h5-13H,4H2,1-3H3,(H,21,25)(H,22,23,24)/t13-/m1/s1. The first-order chi connectivity index (χ1) is 13.6. The number of ether oxygens (including phenoxy) is 2. The third-order valence-corrected chi connectivity index (χ3v) is 4.87. The fourth-order valence-corrected chi connectivity index (χ4v) is 3.16. The summed E-state index contributed by atoms with van der Waals surface area (Å²) in [6, 6.07) is 14.8. The van der Waals surface area contributed by atoms with Gasteiger partial charge in [0.15, 0.2) is 5.82 Å². The van der Waals surface area contributed by atoms with Crippen LogP contribution in [0.3, 0.4) is 0 Å². The normalized spacial score (nSPS) is 11.7. The Kier molecular flexibility index (Phi) is 6.54. The number of hydrogen-bond donors (Lipinski definition) is 2. The molecule has 0 radical (unpaired) electrons. The highest BCUT2D eigenvalue weighted by Gasteiger charge is 2.17. The van der Waals surface area contributed by atoms with Crippen LogP contribution in [0.5, 0.6) is 11.5 Å². The van der Waals surface area contributed by atoms with E-state index in [0.717, 1.165) is 22.7 Å². The summed E-state index contributed by atoms with van der Waals surface area (Å²) in [5, 5.41) is 10.1. The van der Waals surface area contributed by atoms with Gasteiger partial charge in [0.05, 0.1) is 19.0 Å². The van der Waals surface area contributed by atoms with E-state index in [1.165, 1.54) is 11.8 Å². The minimum atomic E-state index is -0.355. The number of H-pyrrole nitrogens is 1. The number of rotatable bonds is 8. The molecule has 3 aromatic rings. The molecule has 1 heterocycles. The molecule has 3 rings (SSSR count). The fourth-order valence-electron chi connectivity index (χ4n) is 2.43. The van der Waals surface area contributed by atoms with Crippen LogP contribution in [0, 0.1) is 0 Å². The number of benzene rings is 2. The molecule has 0 unspecified atom stereocenters. The lowest BCUT2D eigenvalue weighted by molar-refractivity contribution is -0.115. The highest BCUT2D eigenvalue weighted by atomic mass is 32.2.